The number of allylic oxidation sites excluding steroid dienone is 1. The van der Waals surface area contributed by atoms with E-state index in [1.54, 1.807) is 6.07 Å². The summed E-state index contributed by atoms with van der Waals surface area (Å²) in [5.74, 6) is 2.41. The monoisotopic (exact) mass is 456 g/mol. The summed E-state index contributed by atoms with van der Waals surface area (Å²) in [5.41, 5.74) is 1.18. The van der Waals surface area contributed by atoms with Crippen LogP contribution in [0.15, 0.2) is 36.4 Å². The molecule has 1 aromatic carbocycles. The van der Waals surface area contributed by atoms with Crippen molar-refractivity contribution in [1.29, 1.82) is 0 Å². The second-order valence-electron chi connectivity index (χ2n) is 8.49. The summed E-state index contributed by atoms with van der Waals surface area (Å²) in [6, 6.07) is 7.64. The van der Waals surface area contributed by atoms with Gasteiger partial charge in [-0.2, -0.15) is 0 Å². The van der Waals surface area contributed by atoms with E-state index >= 15 is 0 Å². The molecule has 0 heterocycles. The van der Waals surface area contributed by atoms with E-state index in [2.05, 4.69) is 49.9 Å². The van der Waals surface area contributed by atoms with Gasteiger partial charge in [-0.1, -0.05) is 75.3 Å². The number of unbranched alkanes of at least 4 members (excludes halogenated alkanes) is 2. The van der Waals surface area contributed by atoms with Crippen molar-refractivity contribution in [1.82, 2.24) is 0 Å². The van der Waals surface area contributed by atoms with Crippen LogP contribution < -0.4 is 0 Å². The average molecular weight is 456 g/mol. The fourth-order valence-corrected chi connectivity index (χ4v) is 6.25. The Morgan fingerprint density at radius 2 is 2.10 bits per heavy atom. The Kier molecular flexibility index (Phi) is 11.7. The second kappa shape index (κ2) is 13.4. The Bertz CT molecular complexity index is 623. The highest BCUT2D eigenvalue weighted by Gasteiger charge is 2.39. The summed E-state index contributed by atoms with van der Waals surface area (Å²) in [7, 11) is 5.00. The first-order valence-corrected chi connectivity index (χ1v) is 15.5. The first-order chi connectivity index (χ1) is 13.9. The molecule has 6 heteroatoms. The van der Waals surface area contributed by atoms with Gasteiger partial charge in [-0.15, -0.1) is 0 Å². The number of phenolic OH excluding ortho intramolecular Hbond substituents is 1. The largest absolute Gasteiger partial charge is 0.508 e. The molecule has 164 valence electrons. The molecule has 7 atom stereocenters. The SMILES string of the molecule is CCCCC[C@@H](/C=C/[C@H]1C(C)C[C@H](CCO)C1Cc1cccc(O)c1)OP(P)P. The highest BCUT2D eigenvalue weighted by Crippen LogP contribution is 2.55. The van der Waals surface area contributed by atoms with E-state index in [-0.39, 0.29) is 12.7 Å². The van der Waals surface area contributed by atoms with E-state index in [0.29, 0.717) is 29.4 Å². The Labute approximate surface area is 183 Å². The Morgan fingerprint density at radius 3 is 2.76 bits per heavy atom. The van der Waals surface area contributed by atoms with Gasteiger partial charge in [0, 0.05) is 6.61 Å². The van der Waals surface area contributed by atoms with Gasteiger partial charge in [0.15, 0.2) is 0 Å². The standard InChI is InChI=1S/C23H39O3P3/c1-3-4-5-9-21(26-29(27)28)10-11-22-17(2)14-19(12-13-24)23(22)16-18-7-6-8-20(25)15-18/h6-8,10-11,15,17,19,21-25H,3-5,9,12-14,16,27-28H2,1-2H3/b11-10+/t17?,19-,21-,22-,23?/m0/s1. The molecule has 0 aliphatic heterocycles. The molecule has 0 bridgehead atoms. The summed E-state index contributed by atoms with van der Waals surface area (Å²) in [4.78, 5) is 0. The summed E-state index contributed by atoms with van der Waals surface area (Å²) in [5, 5.41) is 19.4. The van der Waals surface area contributed by atoms with Crippen LogP contribution in [0.1, 0.15) is 57.9 Å². The van der Waals surface area contributed by atoms with E-state index in [1.165, 1.54) is 24.8 Å². The maximum absolute atomic E-state index is 9.86. The Morgan fingerprint density at radius 1 is 1.31 bits per heavy atom. The van der Waals surface area contributed by atoms with Crippen molar-refractivity contribution in [3.05, 3.63) is 42.0 Å². The number of hydrogen-bond donors (Lipinski definition) is 2. The lowest BCUT2D eigenvalue weighted by atomic mass is 9.81. The quantitative estimate of drug-likeness (QED) is 0.209. The number of hydrogen-bond acceptors (Lipinski definition) is 3. The van der Waals surface area contributed by atoms with Crippen molar-refractivity contribution in [2.45, 2.75) is 64.9 Å². The summed E-state index contributed by atoms with van der Waals surface area (Å²) in [6.45, 7) is 4.82. The van der Waals surface area contributed by atoms with Gasteiger partial charge in [0.1, 0.15) is 5.75 Å². The lowest BCUT2D eigenvalue weighted by Gasteiger charge is -2.25. The van der Waals surface area contributed by atoms with Gasteiger partial charge in [-0.3, -0.25) is 0 Å². The van der Waals surface area contributed by atoms with Gasteiger partial charge in [-0.05, 0) is 67.1 Å². The van der Waals surface area contributed by atoms with Crippen LogP contribution in [0.25, 0.3) is 0 Å². The minimum Gasteiger partial charge on any atom is -0.508 e. The molecule has 0 saturated heterocycles. The van der Waals surface area contributed by atoms with E-state index in [9.17, 15) is 10.2 Å². The van der Waals surface area contributed by atoms with Crippen molar-refractivity contribution in [2.24, 2.45) is 23.7 Å². The molecule has 29 heavy (non-hydrogen) atoms. The van der Waals surface area contributed by atoms with Crippen molar-refractivity contribution >= 4 is 25.4 Å². The molecular formula is C23H39O3P3. The van der Waals surface area contributed by atoms with Gasteiger partial charge >= 0.3 is 0 Å². The summed E-state index contributed by atoms with van der Waals surface area (Å²) >= 11 is 0. The normalized spacial score (nSPS) is 25.9. The van der Waals surface area contributed by atoms with Crippen LogP contribution in [0, 0.1) is 23.7 Å². The van der Waals surface area contributed by atoms with Crippen LogP contribution in [0.2, 0.25) is 0 Å². The van der Waals surface area contributed by atoms with Crippen LogP contribution in [-0.2, 0) is 10.9 Å². The van der Waals surface area contributed by atoms with Crippen LogP contribution in [-0.4, -0.2) is 22.9 Å². The van der Waals surface area contributed by atoms with Gasteiger partial charge in [0.25, 0.3) is 0 Å². The molecule has 0 amide bonds. The molecule has 1 aromatic rings. The number of rotatable bonds is 12. The lowest BCUT2D eigenvalue weighted by Crippen LogP contribution is -2.19. The van der Waals surface area contributed by atoms with Crippen molar-refractivity contribution in [2.75, 3.05) is 6.61 Å². The third-order valence-electron chi connectivity index (χ3n) is 6.21. The van der Waals surface area contributed by atoms with E-state index < -0.39 is 7.53 Å². The maximum Gasteiger partial charge on any atom is 0.115 e. The Balaban J connectivity index is 2.14. The zero-order valence-electron chi connectivity index (χ0n) is 17.9. The third kappa shape index (κ3) is 8.55. The van der Waals surface area contributed by atoms with Crippen molar-refractivity contribution in [3.8, 4) is 5.75 Å². The number of aromatic hydroxyl groups is 1. The van der Waals surface area contributed by atoms with Crippen molar-refractivity contribution < 1.29 is 14.7 Å². The number of aliphatic hydroxyl groups excluding tert-OH is 1. The minimum absolute atomic E-state index is 0.174. The van der Waals surface area contributed by atoms with Crippen molar-refractivity contribution in [3.63, 3.8) is 0 Å². The van der Waals surface area contributed by atoms with Gasteiger partial charge in [-0.25, -0.2) is 0 Å². The van der Waals surface area contributed by atoms with Crippen LogP contribution in [0.3, 0.4) is 0 Å². The smallest absolute Gasteiger partial charge is 0.115 e. The fourth-order valence-electron chi connectivity index (χ4n) is 4.82. The predicted octanol–water partition coefficient (Wildman–Crippen LogP) is 6.70. The van der Waals surface area contributed by atoms with Gasteiger partial charge < -0.3 is 14.7 Å². The molecule has 2 N–H and O–H groups in total. The van der Waals surface area contributed by atoms with Gasteiger partial charge in [0.2, 0.25) is 0 Å². The predicted molar refractivity (Wildman–Crippen MR) is 132 cm³/mol. The molecule has 0 spiro atoms. The molecule has 3 nitrogen and oxygen atoms in total. The summed E-state index contributed by atoms with van der Waals surface area (Å²) in [6.07, 6.45) is 12.6. The van der Waals surface area contributed by atoms with Gasteiger partial charge in [0.05, 0.1) is 13.6 Å². The number of benzene rings is 1. The fraction of sp³-hybridized carbons (Fsp3) is 0.652. The van der Waals surface area contributed by atoms with E-state index in [0.717, 1.165) is 25.7 Å². The molecule has 0 radical (unpaired) electrons. The highest BCUT2D eigenvalue weighted by atomic mass is 32.4. The zero-order chi connectivity index (χ0) is 21.2. The molecule has 2 rings (SSSR count). The molecule has 1 aliphatic rings. The topological polar surface area (TPSA) is 49.7 Å². The van der Waals surface area contributed by atoms with E-state index in [4.69, 9.17) is 4.52 Å². The summed E-state index contributed by atoms with van der Waals surface area (Å²) < 4.78 is 6.17. The average Bonchev–Trinajstić information content (AvgIpc) is 2.94. The lowest BCUT2D eigenvalue weighted by molar-refractivity contribution is 0.225. The zero-order valence-corrected chi connectivity index (χ0v) is 21.1. The molecule has 1 fully saturated rings. The molecule has 1 aliphatic carbocycles. The third-order valence-corrected chi connectivity index (χ3v) is 7.46. The molecule has 0 aromatic heterocycles. The number of phenols is 1. The van der Waals surface area contributed by atoms with Crippen LogP contribution >= 0.6 is 25.4 Å². The first kappa shape index (κ1) is 25.2. The first-order valence-electron chi connectivity index (χ1n) is 11.0. The highest BCUT2D eigenvalue weighted by molar-refractivity contribution is 8.41. The number of aliphatic hydroxyl groups is 1. The van der Waals surface area contributed by atoms with Crippen LogP contribution in [0.5, 0.6) is 5.75 Å². The maximum atomic E-state index is 9.86. The molecular weight excluding hydrogens is 417 g/mol. The van der Waals surface area contributed by atoms with E-state index in [1.807, 2.05) is 12.1 Å². The molecule has 4 unspecified atom stereocenters. The minimum atomic E-state index is -0.543. The molecule has 1 saturated carbocycles. The Hall–Kier alpha value is -0.0300. The second-order valence-corrected chi connectivity index (χ2v) is 14.3. The van der Waals surface area contributed by atoms with Crippen LogP contribution in [0.4, 0.5) is 0 Å².